The first-order chi connectivity index (χ1) is 14.0. The zero-order valence-electron chi connectivity index (χ0n) is 17.7. The van der Waals surface area contributed by atoms with E-state index in [-0.39, 0.29) is 11.9 Å². The van der Waals surface area contributed by atoms with Gasteiger partial charge in [-0.2, -0.15) is 4.98 Å². The maximum Gasteiger partial charge on any atom is 0.244 e. The fourth-order valence-electron chi connectivity index (χ4n) is 4.00. The molecule has 29 heavy (non-hydrogen) atoms. The molecule has 4 rings (SSSR count). The second-order valence-electron chi connectivity index (χ2n) is 8.22. The van der Waals surface area contributed by atoms with Crippen molar-refractivity contribution in [3.8, 4) is 11.4 Å². The summed E-state index contributed by atoms with van der Waals surface area (Å²) in [5.74, 6) is 1.56. The maximum absolute atomic E-state index is 12.6. The van der Waals surface area contributed by atoms with Crippen molar-refractivity contribution < 1.29 is 9.32 Å². The molecule has 1 saturated heterocycles. The summed E-state index contributed by atoms with van der Waals surface area (Å²) in [5, 5.41) is 4.16. The molecule has 156 valence electrons. The van der Waals surface area contributed by atoms with Crippen LogP contribution in [-0.2, 0) is 4.79 Å². The number of carbonyl (C=O) groups excluding carboxylic acids is 1. The molecular weight excluding hydrogens is 366 g/mol. The average Bonchev–Trinajstić information content (AvgIpc) is 3.44. The van der Waals surface area contributed by atoms with Gasteiger partial charge >= 0.3 is 0 Å². The van der Waals surface area contributed by atoms with E-state index in [2.05, 4.69) is 52.8 Å². The lowest BCUT2D eigenvalue weighted by Gasteiger charge is -2.37. The number of carbonyl (C=O) groups is 1. The molecular formula is C22H31N5O2. The highest BCUT2D eigenvalue weighted by Crippen LogP contribution is 2.27. The molecule has 1 saturated carbocycles. The quantitative estimate of drug-likeness (QED) is 0.716. The largest absolute Gasteiger partial charge is 0.339 e. The molecule has 2 heterocycles. The van der Waals surface area contributed by atoms with E-state index in [1.54, 1.807) is 0 Å². The van der Waals surface area contributed by atoms with Gasteiger partial charge in [-0.1, -0.05) is 35.0 Å². The van der Waals surface area contributed by atoms with Gasteiger partial charge in [0.1, 0.15) is 0 Å². The van der Waals surface area contributed by atoms with Crippen LogP contribution in [0, 0.1) is 6.92 Å². The van der Waals surface area contributed by atoms with E-state index < -0.39 is 0 Å². The summed E-state index contributed by atoms with van der Waals surface area (Å²) < 4.78 is 5.56. The molecule has 7 heteroatoms. The van der Waals surface area contributed by atoms with E-state index in [0.29, 0.717) is 24.3 Å². The number of benzene rings is 1. The van der Waals surface area contributed by atoms with Crippen LogP contribution in [0.15, 0.2) is 28.8 Å². The van der Waals surface area contributed by atoms with Crippen molar-refractivity contribution in [1.82, 2.24) is 24.8 Å². The SMILES string of the molecule is CCN(C(=O)CN1CCN([C@@H](C)c2nc(-c3ccc(C)cc3)no2)CC1)C1CC1. The van der Waals surface area contributed by atoms with E-state index >= 15 is 0 Å². The van der Waals surface area contributed by atoms with Crippen molar-refractivity contribution in [3.63, 3.8) is 0 Å². The van der Waals surface area contributed by atoms with Crippen molar-refractivity contribution in [3.05, 3.63) is 35.7 Å². The van der Waals surface area contributed by atoms with Crippen LogP contribution in [0.2, 0.25) is 0 Å². The minimum absolute atomic E-state index is 0.0677. The van der Waals surface area contributed by atoms with Gasteiger partial charge in [-0.3, -0.25) is 14.6 Å². The molecule has 0 bridgehead atoms. The molecule has 2 aliphatic rings. The number of hydrogen-bond donors (Lipinski definition) is 0. The zero-order chi connectivity index (χ0) is 20.4. The first kappa shape index (κ1) is 20.0. The number of amides is 1. The minimum atomic E-state index is 0.0677. The van der Waals surface area contributed by atoms with Gasteiger partial charge in [0, 0.05) is 44.3 Å². The fraction of sp³-hybridized carbons (Fsp3) is 0.591. The molecule has 1 amide bonds. The molecule has 1 aromatic carbocycles. The molecule has 1 aliphatic carbocycles. The Bertz CT molecular complexity index is 822. The van der Waals surface area contributed by atoms with Crippen LogP contribution in [0.3, 0.4) is 0 Å². The number of nitrogens with zero attached hydrogens (tertiary/aromatic N) is 5. The minimum Gasteiger partial charge on any atom is -0.339 e. The van der Waals surface area contributed by atoms with Gasteiger partial charge in [0.05, 0.1) is 12.6 Å². The molecule has 0 unspecified atom stereocenters. The van der Waals surface area contributed by atoms with Crippen LogP contribution in [0.25, 0.3) is 11.4 Å². The molecule has 1 atom stereocenters. The third kappa shape index (κ3) is 4.67. The van der Waals surface area contributed by atoms with Crippen LogP contribution in [0.1, 0.15) is 44.2 Å². The Morgan fingerprint density at radius 3 is 2.52 bits per heavy atom. The Hall–Kier alpha value is -2.25. The number of hydrogen-bond acceptors (Lipinski definition) is 6. The lowest BCUT2D eigenvalue weighted by atomic mass is 10.1. The number of aromatic nitrogens is 2. The van der Waals surface area contributed by atoms with E-state index in [9.17, 15) is 4.79 Å². The lowest BCUT2D eigenvalue weighted by Crippen LogP contribution is -2.50. The summed E-state index contributed by atoms with van der Waals surface area (Å²) in [7, 11) is 0. The Balaban J connectivity index is 1.30. The van der Waals surface area contributed by atoms with Gasteiger partial charge in [-0.25, -0.2) is 0 Å². The summed E-state index contributed by atoms with van der Waals surface area (Å²) in [6.45, 7) is 11.2. The Labute approximate surface area is 172 Å². The number of rotatable bonds is 7. The number of piperazine rings is 1. The summed E-state index contributed by atoms with van der Waals surface area (Å²) >= 11 is 0. The van der Waals surface area contributed by atoms with Crippen molar-refractivity contribution in [2.45, 2.75) is 45.7 Å². The third-order valence-corrected chi connectivity index (χ3v) is 6.07. The normalized spacial score (nSPS) is 19.3. The van der Waals surface area contributed by atoms with Crippen molar-refractivity contribution >= 4 is 5.91 Å². The van der Waals surface area contributed by atoms with E-state index in [1.807, 2.05) is 17.0 Å². The van der Waals surface area contributed by atoms with Crippen molar-refractivity contribution in [1.29, 1.82) is 0 Å². The maximum atomic E-state index is 12.6. The molecule has 0 radical (unpaired) electrons. The summed E-state index contributed by atoms with van der Waals surface area (Å²) in [6.07, 6.45) is 2.33. The molecule has 2 aromatic rings. The highest BCUT2D eigenvalue weighted by molar-refractivity contribution is 5.79. The Morgan fingerprint density at radius 2 is 1.90 bits per heavy atom. The van der Waals surface area contributed by atoms with Crippen LogP contribution < -0.4 is 0 Å². The highest BCUT2D eigenvalue weighted by Gasteiger charge is 2.33. The van der Waals surface area contributed by atoms with Crippen LogP contribution in [0.4, 0.5) is 0 Å². The second-order valence-corrected chi connectivity index (χ2v) is 8.22. The van der Waals surface area contributed by atoms with Crippen LogP contribution in [-0.4, -0.2) is 76.1 Å². The molecule has 1 aromatic heterocycles. The zero-order valence-corrected chi connectivity index (χ0v) is 17.7. The fourth-order valence-corrected chi connectivity index (χ4v) is 4.00. The van der Waals surface area contributed by atoms with Gasteiger partial charge < -0.3 is 9.42 Å². The molecule has 7 nitrogen and oxygen atoms in total. The second kappa shape index (κ2) is 8.63. The van der Waals surface area contributed by atoms with Crippen molar-refractivity contribution in [2.24, 2.45) is 0 Å². The van der Waals surface area contributed by atoms with E-state index in [4.69, 9.17) is 4.52 Å². The molecule has 2 fully saturated rings. The lowest BCUT2D eigenvalue weighted by molar-refractivity contribution is -0.133. The first-order valence-corrected chi connectivity index (χ1v) is 10.7. The smallest absolute Gasteiger partial charge is 0.244 e. The topological polar surface area (TPSA) is 65.7 Å². The Morgan fingerprint density at radius 1 is 1.21 bits per heavy atom. The van der Waals surface area contributed by atoms with Gasteiger partial charge in [-0.05, 0) is 33.6 Å². The molecule has 0 N–H and O–H groups in total. The molecule has 1 aliphatic heterocycles. The van der Waals surface area contributed by atoms with Gasteiger partial charge in [0.25, 0.3) is 0 Å². The highest BCUT2D eigenvalue weighted by atomic mass is 16.5. The average molecular weight is 398 g/mol. The monoisotopic (exact) mass is 397 g/mol. The summed E-state index contributed by atoms with van der Waals surface area (Å²) in [4.78, 5) is 23.8. The third-order valence-electron chi connectivity index (χ3n) is 6.07. The first-order valence-electron chi connectivity index (χ1n) is 10.7. The summed E-state index contributed by atoms with van der Waals surface area (Å²) in [5.41, 5.74) is 2.18. The molecule has 0 spiro atoms. The Kier molecular flexibility index (Phi) is 5.96. The predicted octanol–water partition coefficient (Wildman–Crippen LogP) is 2.73. The van der Waals surface area contributed by atoms with Gasteiger partial charge in [0.15, 0.2) is 0 Å². The standard InChI is InChI=1S/C22H31N5O2/c1-4-27(19-9-10-19)20(28)15-25-11-13-26(14-12-25)17(3)22-23-21(24-29-22)18-7-5-16(2)6-8-18/h5-8,17,19H,4,9-15H2,1-3H3/t17-/m0/s1. The number of aryl methyl sites for hydroxylation is 1. The van der Waals surface area contributed by atoms with E-state index in [1.165, 1.54) is 18.4 Å². The van der Waals surface area contributed by atoms with Crippen molar-refractivity contribution in [2.75, 3.05) is 39.3 Å². The summed E-state index contributed by atoms with van der Waals surface area (Å²) in [6, 6.07) is 8.71. The van der Waals surface area contributed by atoms with E-state index in [0.717, 1.165) is 38.3 Å². The van der Waals surface area contributed by atoms with Gasteiger partial charge in [0.2, 0.25) is 17.6 Å². The van der Waals surface area contributed by atoms with Gasteiger partial charge in [-0.15, -0.1) is 0 Å². The number of likely N-dealkylation sites (N-methyl/N-ethyl adjacent to an activating group) is 1. The van der Waals surface area contributed by atoms with Crippen LogP contribution >= 0.6 is 0 Å². The van der Waals surface area contributed by atoms with Crippen LogP contribution in [0.5, 0.6) is 0 Å². The predicted molar refractivity (Wildman–Crippen MR) is 111 cm³/mol.